The van der Waals surface area contributed by atoms with Crippen molar-refractivity contribution in [3.8, 4) is 0 Å². The van der Waals surface area contributed by atoms with Crippen LogP contribution in [0.15, 0.2) is 22.7 Å². The number of carboxylic acid groups (broad SMARTS) is 1. The Balaban J connectivity index is 1.79. The van der Waals surface area contributed by atoms with Gasteiger partial charge in [0.25, 0.3) is 0 Å². The third-order valence-electron chi connectivity index (χ3n) is 4.12. The highest BCUT2D eigenvalue weighted by molar-refractivity contribution is 9.10. The normalized spacial score (nSPS) is 17.3. The first-order valence-electron chi connectivity index (χ1n) is 7.24. The van der Waals surface area contributed by atoms with Gasteiger partial charge in [-0.3, -0.25) is 9.69 Å². The fourth-order valence-corrected chi connectivity index (χ4v) is 3.18. The van der Waals surface area contributed by atoms with Crippen LogP contribution < -0.4 is 0 Å². The molecule has 0 radical (unpaired) electrons. The van der Waals surface area contributed by atoms with Crippen molar-refractivity contribution in [1.82, 2.24) is 4.90 Å². The molecule has 3 nitrogen and oxygen atoms in total. The SMILES string of the molecule is Cc1ccc(CN2CCC(CCC(=O)O)CC2)cc1Br. The molecule has 2 rings (SSSR count). The predicted octanol–water partition coefficient (Wildman–Crippen LogP) is 3.83. The summed E-state index contributed by atoms with van der Waals surface area (Å²) in [6, 6.07) is 6.54. The van der Waals surface area contributed by atoms with Crippen LogP contribution in [0, 0.1) is 12.8 Å². The second-order valence-electron chi connectivity index (χ2n) is 5.74. The number of carbonyl (C=O) groups is 1. The van der Waals surface area contributed by atoms with E-state index in [2.05, 4.69) is 46.0 Å². The van der Waals surface area contributed by atoms with E-state index in [1.54, 1.807) is 0 Å². The second-order valence-corrected chi connectivity index (χ2v) is 6.59. The van der Waals surface area contributed by atoms with Crippen LogP contribution in [0.2, 0.25) is 0 Å². The zero-order chi connectivity index (χ0) is 14.5. The molecule has 1 aliphatic rings. The fraction of sp³-hybridized carbons (Fsp3) is 0.562. The molecule has 1 aliphatic heterocycles. The molecule has 0 unspecified atom stereocenters. The topological polar surface area (TPSA) is 40.5 Å². The molecule has 1 fully saturated rings. The Morgan fingerprint density at radius 2 is 2.10 bits per heavy atom. The maximum absolute atomic E-state index is 10.6. The van der Waals surface area contributed by atoms with Gasteiger partial charge in [0.2, 0.25) is 0 Å². The van der Waals surface area contributed by atoms with E-state index in [9.17, 15) is 4.79 Å². The first-order chi connectivity index (χ1) is 9.54. The zero-order valence-corrected chi connectivity index (χ0v) is 13.5. The van der Waals surface area contributed by atoms with Crippen molar-refractivity contribution >= 4 is 21.9 Å². The molecule has 1 aromatic rings. The summed E-state index contributed by atoms with van der Waals surface area (Å²) in [6.45, 7) is 5.25. The largest absolute Gasteiger partial charge is 0.481 e. The van der Waals surface area contributed by atoms with Crippen LogP contribution in [0.3, 0.4) is 0 Å². The molecule has 1 saturated heterocycles. The first-order valence-corrected chi connectivity index (χ1v) is 8.03. The van der Waals surface area contributed by atoms with Gasteiger partial charge in [-0.25, -0.2) is 0 Å². The highest BCUT2D eigenvalue weighted by atomic mass is 79.9. The van der Waals surface area contributed by atoms with Gasteiger partial charge < -0.3 is 5.11 Å². The molecule has 1 heterocycles. The third kappa shape index (κ3) is 4.60. The number of aryl methyl sites for hydroxylation is 1. The number of aliphatic carboxylic acids is 1. The minimum atomic E-state index is -0.670. The molecule has 0 aromatic heterocycles. The number of halogens is 1. The van der Waals surface area contributed by atoms with Crippen molar-refractivity contribution in [3.63, 3.8) is 0 Å². The lowest BCUT2D eigenvalue weighted by molar-refractivity contribution is -0.137. The van der Waals surface area contributed by atoms with Crippen molar-refractivity contribution in [2.45, 2.75) is 39.2 Å². The smallest absolute Gasteiger partial charge is 0.303 e. The Labute approximate surface area is 129 Å². The minimum absolute atomic E-state index is 0.315. The number of nitrogens with zero attached hydrogens (tertiary/aromatic N) is 1. The minimum Gasteiger partial charge on any atom is -0.481 e. The van der Waals surface area contributed by atoms with Crippen LogP contribution in [-0.4, -0.2) is 29.1 Å². The lowest BCUT2D eigenvalue weighted by Crippen LogP contribution is -2.33. The van der Waals surface area contributed by atoms with Crippen LogP contribution in [0.25, 0.3) is 0 Å². The number of carboxylic acids is 1. The summed E-state index contributed by atoms with van der Waals surface area (Å²) in [7, 11) is 0. The summed E-state index contributed by atoms with van der Waals surface area (Å²) in [5, 5.41) is 8.72. The first kappa shape index (κ1) is 15.5. The highest BCUT2D eigenvalue weighted by Gasteiger charge is 2.19. The van der Waals surface area contributed by atoms with Crippen LogP contribution in [0.5, 0.6) is 0 Å². The van der Waals surface area contributed by atoms with Gasteiger partial charge in [-0.2, -0.15) is 0 Å². The quantitative estimate of drug-likeness (QED) is 0.886. The summed E-state index contributed by atoms with van der Waals surface area (Å²) in [5.41, 5.74) is 2.60. The van der Waals surface area contributed by atoms with Crippen molar-refractivity contribution in [2.24, 2.45) is 5.92 Å². The molecular formula is C16H22BrNO2. The summed E-state index contributed by atoms with van der Waals surface area (Å²) in [6.07, 6.45) is 3.40. The van der Waals surface area contributed by atoms with E-state index in [1.165, 1.54) is 15.6 Å². The molecule has 0 spiro atoms. The van der Waals surface area contributed by atoms with Gasteiger partial charge in [-0.1, -0.05) is 28.1 Å². The van der Waals surface area contributed by atoms with Crippen LogP contribution >= 0.6 is 15.9 Å². The molecule has 110 valence electrons. The summed E-state index contributed by atoms with van der Waals surface area (Å²) >= 11 is 3.58. The molecule has 0 amide bonds. The fourth-order valence-electron chi connectivity index (χ4n) is 2.75. The number of benzene rings is 1. The Morgan fingerprint density at radius 3 is 2.70 bits per heavy atom. The van der Waals surface area contributed by atoms with Gasteiger partial charge in [-0.05, 0) is 62.4 Å². The van der Waals surface area contributed by atoms with E-state index < -0.39 is 5.97 Å². The van der Waals surface area contributed by atoms with Crippen LogP contribution in [0.1, 0.15) is 36.8 Å². The van der Waals surface area contributed by atoms with Gasteiger partial charge in [0.05, 0.1) is 0 Å². The number of hydrogen-bond donors (Lipinski definition) is 1. The highest BCUT2D eigenvalue weighted by Crippen LogP contribution is 2.24. The maximum atomic E-state index is 10.6. The second kappa shape index (κ2) is 7.23. The van der Waals surface area contributed by atoms with Crippen LogP contribution in [-0.2, 0) is 11.3 Å². The van der Waals surface area contributed by atoms with Gasteiger partial charge in [0.15, 0.2) is 0 Å². The summed E-state index contributed by atoms with van der Waals surface area (Å²) in [5.74, 6) is -0.0796. The Morgan fingerprint density at radius 1 is 1.40 bits per heavy atom. The average molecular weight is 340 g/mol. The standard InChI is InChI=1S/C16H22BrNO2/c1-12-2-3-14(10-15(12)17)11-18-8-6-13(7-9-18)4-5-16(19)20/h2-3,10,13H,4-9,11H2,1H3,(H,19,20). The summed E-state index contributed by atoms with van der Waals surface area (Å²) in [4.78, 5) is 13.1. The lowest BCUT2D eigenvalue weighted by atomic mass is 9.92. The zero-order valence-electron chi connectivity index (χ0n) is 11.9. The van der Waals surface area contributed by atoms with E-state index in [-0.39, 0.29) is 0 Å². The van der Waals surface area contributed by atoms with E-state index in [0.29, 0.717) is 12.3 Å². The van der Waals surface area contributed by atoms with Crippen molar-refractivity contribution in [1.29, 1.82) is 0 Å². The Bertz CT molecular complexity index is 468. The predicted molar refractivity (Wildman–Crippen MR) is 83.7 cm³/mol. The Kier molecular flexibility index (Phi) is 5.61. The van der Waals surface area contributed by atoms with Gasteiger partial charge >= 0.3 is 5.97 Å². The average Bonchev–Trinajstić information content (AvgIpc) is 2.42. The van der Waals surface area contributed by atoms with Gasteiger partial charge in [-0.15, -0.1) is 0 Å². The molecular weight excluding hydrogens is 318 g/mol. The van der Waals surface area contributed by atoms with Gasteiger partial charge in [0, 0.05) is 17.4 Å². The number of likely N-dealkylation sites (tertiary alicyclic amines) is 1. The van der Waals surface area contributed by atoms with E-state index in [4.69, 9.17) is 5.11 Å². The van der Waals surface area contributed by atoms with E-state index in [1.807, 2.05) is 0 Å². The molecule has 1 aromatic carbocycles. The molecule has 1 N–H and O–H groups in total. The Hall–Kier alpha value is -0.870. The lowest BCUT2D eigenvalue weighted by Gasteiger charge is -2.31. The monoisotopic (exact) mass is 339 g/mol. The molecule has 20 heavy (non-hydrogen) atoms. The van der Waals surface area contributed by atoms with E-state index >= 15 is 0 Å². The third-order valence-corrected chi connectivity index (χ3v) is 4.97. The van der Waals surface area contributed by atoms with Crippen molar-refractivity contribution < 1.29 is 9.90 Å². The van der Waals surface area contributed by atoms with E-state index in [0.717, 1.165) is 38.9 Å². The van der Waals surface area contributed by atoms with Gasteiger partial charge in [0.1, 0.15) is 0 Å². The molecule has 0 bridgehead atoms. The number of piperidine rings is 1. The molecule has 0 aliphatic carbocycles. The molecule has 0 saturated carbocycles. The maximum Gasteiger partial charge on any atom is 0.303 e. The van der Waals surface area contributed by atoms with Crippen molar-refractivity contribution in [3.05, 3.63) is 33.8 Å². The van der Waals surface area contributed by atoms with Crippen molar-refractivity contribution in [2.75, 3.05) is 13.1 Å². The molecule has 4 heteroatoms. The number of hydrogen-bond acceptors (Lipinski definition) is 2. The summed E-state index contributed by atoms with van der Waals surface area (Å²) < 4.78 is 1.17. The number of rotatable bonds is 5. The molecule has 0 atom stereocenters. The van der Waals surface area contributed by atoms with Crippen LogP contribution in [0.4, 0.5) is 0 Å².